The van der Waals surface area contributed by atoms with Crippen molar-refractivity contribution in [3.05, 3.63) is 52.3 Å². The Morgan fingerprint density at radius 2 is 1.71 bits per heavy atom. The molecule has 0 unspecified atom stereocenters. The Morgan fingerprint density at radius 3 is 2.23 bits per heavy atom. The zero-order valence-electron chi connectivity index (χ0n) is 22.7. The van der Waals surface area contributed by atoms with Gasteiger partial charge in [-0.05, 0) is 70.6 Å². The van der Waals surface area contributed by atoms with Gasteiger partial charge in [0.05, 0.1) is 6.54 Å². The molecule has 1 aromatic carbocycles. The summed E-state index contributed by atoms with van der Waals surface area (Å²) in [6, 6.07) is 8.33. The van der Waals surface area contributed by atoms with Gasteiger partial charge < -0.3 is 14.9 Å². The molecule has 1 amide bonds. The predicted octanol–water partition coefficient (Wildman–Crippen LogP) is 5.89. The number of aromatic nitrogens is 1. The summed E-state index contributed by atoms with van der Waals surface area (Å²) in [7, 11) is 0. The van der Waals surface area contributed by atoms with Crippen LogP contribution < -0.4 is 5.32 Å². The molecule has 2 rings (SSSR count). The van der Waals surface area contributed by atoms with Gasteiger partial charge in [0.2, 0.25) is 0 Å². The number of pyridine rings is 1. The second-order valence-corrected chi connectivity index (χ2v) is 10.3. The first-order valence-corrected chi connectivity index (χ1v) is 12.3. The fourth-order valence-corrected chi connectivity index (χ4v) is 3.89. The lowest BCUT2D eigenvalue weighted by Gasteiger charge is -2.26. The first-order valence-electron chi connectivity index (χ1n) is 12.3. The molecular weight excluding hydrogens is 442 g/mol. The number of hydroxylamine groups is 2. The van der Waals surface area contributed by atoms with Crippen LogP contribution in [0.1, 0.15) is 76.5 Å². The number of rotatable bonds is 9. The first-order chi connectivity index (χ1) is 16.3. The fourth-order valence-electron chi connectivity index (χ4n) is 3.89. The number of hydrogen-bond acceptors (Lipinski definition) is 6. The van der Waals surface area contributed by atoms with E-state index in [0.717, 1.165) is 45.6 Å². The summed E-state index contributed by atoms with van der Waals surface area (Å²) in [6.07, 6.45) is 0.298. The van der Waals surface area contributed by atoms with Crippen molar-refractivity contribution in [3.63, 3.8) is 0 Å². The van der Waals surface area contributed by atoms with Crippen LogP contribution in [-0.4, -0.2) is 34.3 Å². The van der Waals surface area contributed by atoms with Crippen molar-refractivity contribution in [2.45, 2.75) is 87.4 Å². The topological polar surface area (TPSA) is 80.8 Å². The summed E-state index contributed by atoms with van der Waals surface area (Å²) >= 11 is 0. The Kier molecular flexibility index (Phi) is 9.83. The van der Waals surface area contributed by atoms with E-state index in [1.165, 1.54) is 6.92 Å². The third-order valence-corrected chi connectivity index (χ3v) is 5.39. The number of alkyl carbamates (subject to hydrolysis) is 1. The molecular formula is C28H41N3O4. The molecule has 0 aliphatic rings. The third kappa shape index (κ3) is 8.66. The average Bonchev–Trinajstić information content (AvgIpc) is 2.72. The van der Waals surface area contributed by atoms with Gasteiger partial charge in [-0.2, -0.15) is 0 Å². The number of nitrogens with one attached hydrogen (secondary N) is 1. The minimum Gasteiger partial charge on any atom is -0.444 e. The second-order valence-electron chi connectivity index (χ2n) is 10.3. The van der Waals surface area contributed by atoms with E-state index in [1.807, 2.05) is 34.6 Å². The number of nitrogens with zero attached hydrogens (tertiary/aromatic N) is 2. The molecule has 0 bridgehead atoms. The number of benzene rings is 1. The molecule has 1 N–H and O–H groups in total. The maximum absolute atomic E-state index is 12.5. The molecule has 0 fully saturated rings. The van der Waals surface area contributed by atoms with Crippen LogP contribution in [0.3, 0.4) is 0 Å². The quantitative estimate of drug-likeness (QED) is 0.448. The number of aryl methyl sites for hydroxylation is 2. The van der Waals surface area contributed by atoms with Gasteiger partial charge in [-0.15, -0.1) is 5.06 Å². The van der Waals surface area contributed by atoms with Crippen LogP contribution in [-0.2, 0) is 33.9 Å². The monoisotopic (exact) mass is 483 g/mol. The smallest absolute Gasteiger partial charge is 0.407 e. The summed E-state index contributed by atoms with van der Waals surface area (Å²) in [4.78, 5) is 34.6. The lowest BCUT2D eigenvalue weighted by atomic mass is 9.89. The highest BCUT2D eigenvalue weighted by Crippen LogP contribution is 2.34. The minimum atomic E-state index is -0.590. The Labute approximate surface area is 210 Å². The van der Waals surface area contributed by atoms with E-state index in [-0.39, 0.29) is 12.5 Å². The molecule has 7 heteroatoms. The second kappa shape index (κ2) is 12.2. The Hall–Kier alpha value is -2.93. The molecule has 0 saturated heterocycles. The van der Waals surface area contributed by atoms with E-state index in [1.54, 1.807) is 5.06 Å². The highest BCUT2D eigenvalue weighted by molar-refractivity contribution is 5.74. The normalized spacial score (nSPS) is 11.6. The van der Waals surface area contributed by atoms with Crippen molar-refractivity contribution in [1.29, 1.82) is 0 Å². The van der Waals surface area contributed by atoms with Crippen molar-refractivity contribution in [1.82, 2.24) is 15.4 Å². The number of amides is 1. The molecule has 192 valence electrons. The first kappa shape index (κ1) is 28.3. The van der Waals surface area contributed by atoms with Crippen LogP contribution >= 0.6 is 0 Å². The molecule has 0 spiro atoms. The molecule has 0 aliphatic carbocycles. The molecule has 1 aromatic heterocycles. The Balaban J connectivity index is 2.68. The average molecular weight is 484 g/mol. The highest BCUT2D eigenvalue weighted by atomic mass is 16.7. The summed E-state index contributed by atoms with van der Waals surface area (Å²) in [5, 5.41) is 4.57. The van der Waals surface area contributed by atoms with E-state index in [2.05, 4.69) is 50.4 Å². The van der Waals surface area contributed by atoms with Gasteiger partial charge in [0.15, 0.2) is 0 Å². The highest BCUT2D eigenvalue weighted by Gasteiger charge is 2.23. The summed E-state index contributed by atoms with van der Waals surface area (Å²) in [5.74, 6) is 0.0182. The van der Waals surface area contributed by atoms with Gasteiger partial charge in [0, 0.05) is 37.0 Å². The Morgan fingerprint density at radius 1 is 1.09 bits per heavy atom. The molecule has 2 aromatic rings. The van der Waals surface area contributed by atoms with Gasteiger partial charge in [-0.25, -0.2) is 4.79 Å². The van der Waals surface area contributed by atoms with E-state index in [4.69, 9.17) is 14.6 Å². The Bertz CT molecular complexity index is 1020. The number of ether oxygens (including phenoxy) is 1. The lowest BCUT2D eigenvalue weighted by Crippen LogP contribution is -2.33. The number of carbonyl (C=O) groups excluding carboxylic acids is 2. The molecule has 0 aliphatic heterocycles. The van der Waals surface area contributed by atoms with Gasteiger partial charge in [0.25, 0.3) is 0 Å². The van der Waals surface area contributed by atoms with Gasteiger partial charge in [0.1, 0.15) is 5.60 Å². The van der Waals surface area contributed by atoms with Gasteiger partial charge >= 0.3 is 12.1 Å². The standard InChI is InChI=1S/C28H41N3O4/c1-10-31(35-21(6)32)17-24-20(5)30-25(15-18(2)3)23(16-29-27(33)34-28(7,8)9)26(24)22-13-11-19(4)12-14-22/h11-14,18H,10,15-17H2,1-9H3,(H,29,33). The maximum Gasteiger partial charge on any atom is 0.407 e. The lowest BCUT2D eigenvalue weighted by molar-refractivity contribution is -0.189. The van der Waals surface area contributed by atoms with Crippen molar-refractivity contribution in [3.8, 4) is 11.1 Å². The minimum absolute atomic E-state index is 0.278. The van der Waals surface area contributed by atoms with Crippen molar-refractivity contribution >= 4 is 12.1 Å². The number of hydrogen-bond donors (Lipinski definition) is 1. The summed E-state index contributed by atoms with van der Waals surface area (Å²) < 4.78 is 5.49. The van der Waals surface area contributed by atoms with Crippen molar-refractivity contribution in [2.75, 3.05) is 6.54 Å². The molecule has 7 nitrogen and oxygen atoms in total. The third-order valence-electron chi connectivity index (χ3n) is 5.39. The van der Waals surface area contributed by atoms with Gasteiger partial charge in [-0.3, -0.25) is 9.78 Å². The summed E-state index contributed by atoms with van der Waals surface area (Å²) in [6.45, 7) is 18.4. The van der Waals surface area contributed by atoms with Crippen LogP contribution in [0.4, 0.5) is 4.79 Å². The molecule has 1 heterocycles. The van der Waals surface area contributed by atoms with Crippen LogP contribution in [0.5, 0.6) is 0 Å². The van der Waals surface area contributed by atoms with E-state index in [9.17, 15) is 9.59 Å². The van der Waals surface area contributed by atoms with Crippen LogP contribution in [0.2, 0.25) is 0 Å². The number of carbonyl (C=O) groups is 2. The fraction of sp³-hybridized carbons (Fsp3) is 0.536. The molecule has 35 heavy (non-hydrogen) atoms. The van der Waals surface area contributed by atoms with Crippen LogP contribution in [0, 0.1) is 19.8 Å². The zero-order chi connectivity index (χ0) is 26.3. The largest absolute Gasteiger partial charge is 0.444 e. The maximum atomic E-state index is 12.5. The van der Waals surface area contributed by atoms with Crippen molar-refractivity contribution < 1.29 is 19.2 Å². The molecule has 0 saturated carbocycles. The zero-order valence-corrected chi connectivity index (χ0v) is 22.7. The van der Waals surface area contributed by atoms with Crippen LogP contribution in [0.25, 0.3) is 11.1 Å². The van der Waals surface area contributed by atoms with Crippen LogP contribution in [0.15, 0.2) is 24.3 Å². The van der Waals surface area contributed by atoms with Gasteiger partial charge in [-0.1, -0.05) is 43.7 Å². The van der Waals surface area contributed by atoms with E-state index < -0.39 is 11.7 Å². The van der Waals surface area contributed by atoms with Crippen molar-refractivity contribution in [2.24, 2.45) is 5.92 Å². The van der Waals surface area contributed by atoms with E-state index in [0.29, 0.717) is 19.0 Å². The summed E-state index contributed by atoms with van der Waals surface area (Å²) in [5.41, 5.74) is 6.35. The predicted molar refractivity (Wildman–Crippen MR) is 139 cm³/mol. The SMILES string of the molecule is CCN(Cc1c(C)nc(CC(C)C)c(CNC(=O)OC(C)(C)C)c1-c1ccc(C)cc1)OC(C)=O. The molecule has 0 radical (unpaired) electrons. The molecule has 0 atom stereocenters. The van der Waals surface area contributed by atoms with E-state index >= 15 is 0 Å².